The molecule has 1 heterocycles. The molecule has 1 N–H and O–H groups in total. The normalized spacial score (nSPS) is 14.8. The smallest absolute Gasteiger partial charge is 0.149 e. The van der Waals surface area contributed by atoms with Crippen molar-refractivity contribution in [1.82, 2.24) is 15.5 Å². The number of hydrogen-bond acceptors (Lipinski definition) is 4. The molecule has 1 aromatic carbocycles. The molecule has 2 aromatic rings. The Morgan fingerprint density at radius 1 is 1.26 bits per heavy atom. The van der Waals surface area contributed by atoms with Crippen molar-refractivity contribution in [2.45, 2.75) is 31.7 Å². The van der Waals surface area contributed by atoms with Gasteiger partial charge < -0.3 is 5.32 Å². The van der Waals surface area contributed by atoms with Crippen LogP contribution in [0, 0.1) is 0 Å². The lowest BCUT2D eigenvalue weighted by atomic mass is 10.2. The molecule has 0 atom stereocenters. The van der Waals surface area contributed by atoms with Crippen molar-refractivity contribution in [3.05, 3.63) is 34.3 Å². The number of nitrogens with one attached hydrogen (secondary N) is 1. The lowest BCUT2D eigenvalue weighted by Gasteiger charge is -1.99. The lowest BCUT2D eigenvalue weighted by Crippen LogP contribution is -2.17. The van der Waals surface area contributed by atoms with Crippen molar-refractivity contribution in [2.24, 2.45) is 0 Å². The average molecular weight is 294 g/mol. The zero-order chi connectivity index (χ0) is 13.1. The molecule has 1 aliphatic carbocycles. The van der Waals surface area contributed by atoms with E-state index < -0.39 is 0 Å². The largest absolute Gasteiger partial charge is 0.314 e. The van der Waals surface area contributed by atoms with Gasteiger partial charge in [-0.15, -0.1) is 10.2 Å². The zero-order valence-corrected chi connectivity index (χ0v) is 12.2. The molecule has 1 aliphatic rings. The Hall–Kier alpha value is -0.970. The minimum atomic E-state index is 0.737. The number of halogens is 1. The van der Waals surface area contributed by atoms with Crippen LogP contribution in [0.3, 0.4) is 0 Å². The van der Waals surface area contributed by atoms with Gasteiger partial charge in [-0.25, -0.2) is 0 Å². The Bertz CT molecular complexity index is 551. The Morgan fingerprint density at radius 3 is 2.89 bits per heavy atom. The van der Waals surface area contributed by atoms with E-state index in [-0.39, 0.29) is 0 Å². The highest BCUT2D eigenvalue weighted by Gasteiger charge is 2.19. The van der Waals surface area contributed by atoms with Crippen LogP contribution in [0.2, 0.25) is 5.02 Å². The molecule has 0 unspecified atom stereocenters. The summed E-state index contributed by atoms with van der Waals surface area (Å²) in [6, 6.07) is 8.56. The maximum absolute atomic E-state index is 6.17. The maximum atomic E-state index is 6.17. The highest BCUT2D eigenvalue weighted by Crippen LogP contribution is 2.30. The van der Waals surface area contributed by atoms with Crippen molar-refractivity contribution in [3.8, 4) is 10.6 Å². The first-order valence-corrected chi connectivity index (χ1v) is 7.83. The fourth-order valence-electron chi connectivity index (χ4n) is 1.93. The Kier molecular flexibility index (Phi) is 4.11. The van der Waals surface area contributed by atoms with Crippen LogP contribution in [0.15, 0.2) is 24.3 Å². The van der Waals surface area contributed by atoms with E-state index in [2.05, 4.69) is 15.5 Å². The van der Waals surface area contributed by atoms with E-state index in [0.717, 1.165) is 46.0 Å². The summed E-state index contributed by atoms with van der Waals surface area (Å²) in [4.78, 5) is 0. The van der Waals surface area contributed by atoms with Crippen LogP contribution in [0.1, 0.15) is 24.3 Å². The zero-order valence-electron chi connectivity index (χ0n) is 10.6. The molecule has 3 nitrogen and oxygen atoms in total. The molecule has 5 heteroatoms. The predicted octanol–water partition coefficient (Wildman–Crippen LogP) is 3.54. The molecule has 1 fully saturated rings. The topological polar surface area (TPSA) is 37.8 Å². The Labute approximate surface area is 122 Å². The van der Waals surface area contributed by atoms with Crippen LogP contribution in [0.4, 0.5) is 0 Å². The third-order valence-electron chi connectivity index (χ3n) is 3.15. The number of aryl methyl sites for hydroxylation is 1. The molecule has 0 saturated heterocycles. The molecular formula is C14H16ClN3S. The average Bonchev–Trinajstić information content (AvgIpc) is 3.13. The quantitative estimate of drug-likeness (QED) is 0.828. The van der Waals surface area contributed by atoms with Crippen LogP contribution in [-0.2, 0) is 6.42 Å². The summed E-state index contributed by atoms with van der Waals surface area (Å²) in [5, 5.41) is 14.7. The highest BCUT2D eigenvalue weighted by atomic mass is 35.5. The molecule has 0 bridgehead atoms. The first-order chi connectivity index (χ1) is 9.33. The fraction of sp³-hybridized carbons (Fsp3) is 0.429. The molecule has 1 saturated carbocycles. The van der Waals surface area contributed by atoms with E-state index in [1.54, 1.807) is 11.3 Å². The second kappa shape index (κ2) is 5.99. The van der Waals surface area contributed by atoms with Gasteiger partial charge >= 0.3 is 0 Å². The monoisotopic (exact) mass is 293 g/mol. The van der Waals surface area contributed by atoms with Crippen LogP contribution in [-0.4, -0.2) is 22.8 Å². The van der Waals surface area contributed by atoms with Gasteiger partial charge in [0.25, 0.3) is 0 Å². The van der Waals surface area contributed by atoms with Crippen molar-refractivity contribution in [1.29, 1.82) is 0 Å². The molecule has 3 rings (SSSR count). The molecule has 19 heavy (non-hydrogen) atoms. The summed E-state index contributed by atoms with van der Waals surface area (Å²) in [7, 11) is 0. The van der Waals surface area contributed by atoms with Gasteiger partial charge in [-0.3, -0.25) is 0 Å². The van der Waals surface area contributed by atoms with E-state index in [1.807, 2.05) is 24.3 Å². The van der Waals surface area contributed by atoms with Gasteiger partial charge in [-0.1, -0.05) is 41.1 Å². The molecule has 100 valence electrons. The fourth-order valence-corrected chi connectivity index (χ4v) is 3.13. The summed E-state index contributed by atoms with van der Waals surface area (Å²) in [5.74, 6) is 0. The summed E-state index contributed by atoms with van der Waals surface area (Å²) in [6.45, 7) is 1.08. The lowest BCUT2D eigenvalue weighted by molar-refractivity contribution is 0.643. The molecular weight excluding hydrogens is 278 g/mol. The molecule has 0 amide bonds. The minimum absolute atomic E-state index is 0.737. The molecule has 0 aliphatic heterocycles. The van der Waals surface area contributed by atoms with Gasteiger partial charge in [0, 0.05) is 18.0 Å². The standard InChI is InChI=1S/C14H16ClN3S/c15-12-5-2-1-4-11(12)14-18-17-13(19-14)6-3-9-16-10-7-8-10/h1-2,4-5,10,16H,3,6-9H2. The number of benzene rings is 1. The summed E-state index contributed by atoms with van der Waals surface area (Å²) in [6.07, 6.45) is 4.79. The van der Waals surface area contributed by atoms with Crippen molar-refractivity contribution in [2.75, 3.05) is 6.54 Å². The molecule has 0 spiro atoms. The van der Waals surface area contributed by atoms with Crippen LogP contribution < -0.4 is 5.32 Å². The van der Waals surface area contributed by atoms with E-state index in [9.17, 15) is 0 Å². The Balaban J connectivity index is 1.57. The van der Waals surface area contributed by atoms with Crippen molar-refractivity contribution in [3.63, 3.8) is 0 Å². The second-order valence-electron chi connectivity index (χ2n) is 4.81. The van der Waals surface area contributed by atoms with Crippen molar-refractivity contribution >= 4 is 22.9 Å². The number of nitrogens with zero attached hydrogens (tertiary/aromatic N) is 2. The summed E-state index contributed by atoms with van der Waals surface area (Å²) in [5.41, 5.74) is 0.976. The van der Waals surface area contributed by atoms with Gasteiger partial charge in [0.1, 0.15) is 10.0 Å². The SMILES string of the molecule is Clc1ccccc1-c1nnc(CCCNC2CC2)s1. The third-order valence-corrected chi connectivity index (χ3v) is 4.49. The van der Waals surface area contributed by atoms with E-state index in [1.165, 1.54) is 12.8 Å². The predicted molar refractivity (Wildman–Crippen MR) is 79.7 cm³/mol. The number of hydrogen-bond donors (Lipinski definition) is 1. The minimum Gasteiger partial charge on any atom is -0.314 e. The van der Waals surface area contributed by atoms with Crippen LogP contribution >= 0.6 is 22.9 Å². The van der Waals surface area contributed by atoms with Gasteiger partial charge in [0.15, 0.2) is 0 Å². The second-order valence-corrected chi connectivity index (χ2v) is 6.28. The number of aromatic nitrogens is 2. The molecule has 0 radical (unpaired) electrons. The summed E-state index contributed by atoms with van der Waals surface area (Å²) < 4.78 is 0. The van der Waals surface area contributed by atoms with E-state index in [0.29, 0.717) is 0 Å². The molecule has 1 aromatic heterocycles. The highest BCUT2D eigenvalue weighted by molar-refractivity contribution is 7.14. The van der Waals surface area contributed by atoms with Crippen LogP contribution in [0.25, 0.3) is 10.6 Å². The first-order valence-electron chi connectivity index (χ1n) is 6.63. The summed E-state index contributed by atoms with van der Waals surface area (Å²) >= 11 is 7.81. The van der Waals surface area contributed by atoms with Crippen LogP contribution in [0.5, 0.6) is 0 Å². The van der Waals surface area contributed by atoms with Gasteiger partial charge in [0.05, 0.1) is 5.02 Å². The van der Waals surface area contributed by atoms with Gasteiger partial charge in [-0.05, 0) is 31.9 Å². The van der Waals surface area contributed by atoms with Gasteiger partial charge in [0.2, 0.25) is 0 Å². The van der Waals surface area contributed by atoms with Crippen molar-refractivity contribution < 1.29 is 0 Å². The maximum Gasteiger partial charge on any atom is 0.149 e. The Morgan fingerprint density at radius 2 is 2.11 bits per heavy atom. The third kappa shape index (κ3) is 3.53. The van der Waals surface area contributed by atoms with E-state index >= 15 is 0 Å². The number of rotatable bonds is 6. The first kappa shape index (κ1) is 13.0. The van der Waals surface area contributed by atoms with E-state index in [4.69, 9.17) is 11.6 Å². The van der Waals surface area contributed by atoms with Gasteiger partial charge in [-0.2, -0.15) is 0 Å².